The molecule has 0 spiro atoms. The summed E-state index contributed by atoms with van der Waals surface area (Å²) in [5.74, 6) is 0.910. The average Bonchev–Trinajstić information content (AvgIpc) is 3.57. The smallest absolute Gasteiger partial charge is 0.194 e. The lowest BCUT2D eigenvalue weighted by Gasteiger charge is -2.57. The van der Waals surface area contributed by atoms with E-state index in [2.05, 4.69) is 37.3 Å². The summed E-state index contributed by atoms with van der Waals surface area (Å²) in [6.07, 6.45) is 7.92. The minimum absolute atomic E-state index is 0.0175. The number of nitrogens with one attached hydrogen (secondary N) is 1. The Bertz CT molecular complexity index is 1340. The summed E-state index contributed by atoms with van der Waals surface area (Å²) in [4.78, 5) is 11.5. The van der Waals surface area contributed by atoms with Gasteiger partial charge in [-0.1, -0.05) is 6.07 Å². The third-order valence-corrected chi connectivity index (χ3v) is 8.81. The lowest BCUT2D eigenvalue weighted by Crippen LogP contribution is -2.73. The first-order valence-electron chi connectivity index (χ1n) is 12.4. The third-order valence-electron chi connectivity index (χ3n) is 7.85. The summed E-state index contributed by atoms with van der Waals surface area (Å²) in [6.45, 7) is 4.22. The minimum atomic E-state index is -1.02. The monoisotopic (exact) mass is 505 g/mol. The maximum Gasteiger partial charge on any atom is 0.194 e. The second-order valence-electron chi connectivity index (χ2n) is 10.8. The van der Waals surface area contributed by atoms with Crippen LogP contribution in [-0.2, 0) is 0 Å². The molecule has 1 aliphatic carbocycles. The predicted octanol–water partition coefficient (Wildman–Crippen LogP) is 4.61. The molecule has 2 saturated heterocycles. The minimum Gasteiger partial charge on any atom is -0.507 e. The SMILES string of the molecule is C[C@@]12CCC[C@@](C)(N1)[C@@H](F)[C@@H](N(c1cnc(-c3ccc(-c4cnc(C#N)s4)cc3O)nn1)C1CC1)C2. The number of benzene rings is 1. The Morgan fingerprint density at radius 1 is 1.19 bits per heavy atom. The van der Waals surface area contributed by atoms with Gasteiger partial charge in [0.05, 0.1) is 22.7 Å². The van der Waals surface area contributed by atoms with Crippen molar-refractivity contribution in [3.8, 4) is 33.6 Å². The molecule has 1 saturated carbocycles. The van der Waals surface area contributed by atoms with E-state index < -0.39 is 11.7 Å². The van der Waals surface area contributed by atoms with Crippen molar-refractivity contribution in [3.05, 3.63) is 35.6 Å². The van der Waals surface area contributed by atoms with Gasteiger partial charge in [0, 0.05) is 23.3 Å². The van der Waals surface area contributed by atoms with Crippen LogP contribution in [0.4, 0.5) is 10.2 Å². The van der Waals surface area contributed by atoms with Crippen LogP contribution < -0.4 is 10.2 Å². The van der Waals surface area contributed by atoms with E-state index in [9.17, 15) is 5.11 Å². The van der Waals surface area contributed by atoms with Gasteiger partial charge in [-0.2, -0.15) is 5.26 Å². The summed E-state index contributed by atoms with van der Waals surface area (Å²) in [6, 6.07) is 7.18. The first-order chi connectivity index (χ1) is 17.3. The molecular weight excluding hydrogens is 477 g/mol. The largest absolute Gasteiger partial charge is 0.507 e. The lowest BCUT2D eigenvalue weighted by atomic mass is 9.68. The van der Waals surface area contributed by atoms with Crippen LogP contribution in [0.25, 0.3) is 21.8 Å². The fourth-order valence-electron chi connectivity index (χ4n) is 6.07. The molecule has 0 radical (unpaired) electrons. The van der Waals surface area contributed by atoms with Crippen LogP contribution in [0.15, 0.2) is 30.6 Å². The van der Waals surface area contributed by atoms with Gasteiger partial charge in [0.25, 0.3) is 0 Å². The molecule has 3 aliphatic rings. The molecule has 2 N–H and O–H groups in total. The van der Waals surface area contributed by atoms with E-state index >= 15 is 4.39 Å². The number of thiazole rings is 1. The van der Waals surface area contributed by atoms with Crippen molar-refractivity contribution in [2.45, 2.75) is 81.7 Å². The van der Waals surface area contributed by atoms with E-state index in [1.807, 2.05) is 19.1 Å². The number of fused-ring (bicyclic) bond motifs is 2. The number of phenols is 1. The Kier molecular flexibility index (Phi) is 5.46. The van der Waals surface area contributed by atoms with E-state index in [4.69, 9.17) is 5.26 Å². The molecule has 2 aromatic heterocycles. The van der Waals surface area contributed by atoms with Crippen LogP contribution in [0.3, 0.4) is 0 Å². The van der Waals surface area contributed by atoms with Crippen molar-refractivity contribution in [2.24, 2.45) is 0 Å². The number of rotatable bonds is 5. The van der Waals surface area contributed by atoms with Crippen molar-refractivity contribution in [1.29, 1.82) is 5.26 Å². The molecule has 186 valence electrons. The van der Waals surface area contributed by atoms with E-state index in [0.717, 1.165) is 49.0 Å². The van der Waals surface area contributed by atoms with Crippen LogP contribution in [0.2, 0.25) is 0 Å². The predicted molar refractivity (Wildman–Crippen MR) is 135 cm³/mol. The number of nitrogens with zero attached hydrogens (tertiary/aromatic N) is 6. The van der Waals surface area contributed by atoms with Crippen LogP contribution in [0.1, 0.15) is 57.4 Å². The highest BCUT2D eigenvalue weighted by molar-refractivity contribution is 7.15. The summed E-state index contributed by atoms with van der Waals surface area (Å²) in [7, 11) is 0. The highest BCUT2D eigenvalue weighted by Gasteiger charge is 2.55. The second kappa shape index (κ2) is 8.46. The average molecular weight is 506 g/mol. The van der Waals surface area contributed by atoms with Crippen LogP contribution in [-0.4, -0.2) is 54.6 Å². The van der Waals surface area contributed by atoms with Crippen molar-refractivity contribution in [2.75, 3.05) is 4.90 Å². The van der Waals surface area contributed by atoms with E-state index in [0.29, 0.717) is 22.2 Å². The highest BCUT2D eigenvalue weighted by Crippen LogP contribution is 2.46. The molecule has 6 rings (SSSR count). The summed E-state index contributed by atoms with van der Waals surface area (Å²) in [5.41, 5.74) is 0.588. The van der Waals surface area contributed by atoms with E-state index in [1.54, 1.807) is 24.5 Å². The molecule has 3 fully saturated rings. The van der Waals surface area contributed by atoms with Crippen molar-refractivity contribution in [3.63, 3.8) is 0 Å². The first kappa shape index (κ1) is 23.3. The van der Waals surface area contributed by atoms with Gasteiger partial charge in [-0.25, -0.2) is 14.4 Å². The second-order valence-corrected chi connectivity index (χ2v) is 11.8. The van der Waals surface area contributed by atoms with E-state index in [1.165, 1.54) is 11.3 Å². The van der Waals surface area contributed by atoms with Crippen molar-refractivity contribution >= 4 is 17.2 Å². The number of halogens is 1. The number of phenolic OH excluding ortho intramolecular Hbond substituents is 1. The Morgan fingerprint density at radius 3 is 2.69 bits per heavy atom. The molecule has 1 aromatic carbocycles. The quantitative estimate of drug-likeness (QED) is 0.517. The normalized spacial score (nSPS) is 29.5. The lowest BCUT2D eigenvalue weighted by molar-refractivity contribution is 0.000258. The van der Waals surface area contributed by atoms with Crippen LogP contribution >= 0.6 is 11.3 Å². The third kappa shape index (κ3) is 4.00. The van der Waals surface area contributed by atoms with Gasteiger partial charge in [0.1, 0.15) is 18.0 Å². The molecule has 10 heteroatoms. The molecule has 3 aromatic rings. The number of aromatic nitrogens is 4. The van der Waals surface area contributed by atoms with E-state index in [-0.39, 0.29) is 23.4 Å². The molecule has 2 aliphatic heterocycles. The van der Waals surface area contributed by atoms with Gasteiger partial charge < -0.3 is 15.3 Å². The zero-order valence-electron chi connectivity index (χ0n) is 20.3. The van der Waals surface area contributed by atoms with Gasteiger partial charge in [-0.3, -0.25) is 0 Å². The number of alkyl halides is 1. The first-order valence-corrected chi connectivity index (χ1v) is 13.2. The Morgan fingerprint density at radius 2 is 2.03 bits per heavy atom. The van der Waals surface area contributed by atoms with Gasteiger partial charge in [-0.15, -0.1) is 21.5 Å². The molecule has 36 heavy (non-hydrogen) atoms. The van der Waals surface area contributed by atoms with Crippen molar-refractivity contribution in [1.82, 2.24) is 25.5 Å². The number of anilines is 1. The maximum atomic E-state index is 16.0. The van der Waals surface area contributed by atoms with Crippen LogP contribution in [0, 0.1) is 11.3 Å². The summed E-state index contributed by atoms with van der Waals surface area (Å²) >= 11 is 1.26. The standard InChI is InChI=1S/C26H28FN7OS/c1-25-8-3-9-26(2,33-25)23(27)18(11-25)34(16-5-6-16)21-14-30-24(32-31-21)17-7-4-15(10-19(17)35)20-13-29-22(12-28)36-20/h4,7,10,13-14,16,18,23,33,35H,3,5-6,8-9,11H2,1-2H3/t18-,23-,25-,26+/m0/s1. The van der Waals surface area contributed by atoms with Crippen LogP contribution in [0.5, 0.6) is 5.75 Å². The maximum absolute atomic E-state index is 16.0. The Hall–Kier alpha value is -3.16. The Balaban J connectivity index is 1.28. The van der Waals surface area contributed by atoms with Gasteiger partial charge in [0.2, 0.25) is 0 Å². The number of hydrogen-bond donors (Lipinski definition) is 2. The number of nitriles is 1. The van der Waals surface area contributed by atoms with Gasteiger partial charge in [-0.05, 0) is 70.1 Å². The number of hydrogen-bond acceptors (Lipinski definition) is 9. The molecule has 0 unspecified atom stereocenters. The molecule has 4 atom stereocenters. The molecule has 2 bridgehead atoms. The molecule has 4 heterocycles. The zero-order chi connectivity index (χ0) is 25.1. The molecular formula is C26H28FN7OS. The zero-order valence-corrected chi connectivity index (χ0v) is 21.1. The fourth-order valence-corrected chi connectivity index (χ4v) is 6.78. The fraction of sp³-hybridized carbons (Fsp3) is 0.500. The number of piperidine rings is 2. The van der Waals surface area contributed by atoms with Gasteiger partial charge >= 0.3 is 0 Å². The Labute approximate surface area is 213 Å². The molecule has 0 amide bonds. The number of aromatic hydroxyl groups is 1. The topological polar surface area (TPSA) is 111 Å². The summed E-state index contributed by atoms with van der Waals surface area (Å²) in [5, 5.41) is 32.5. The summed E-state index contributed by atoms with van der Waals surface area (Å²) < 4.78 is 16.0. The van der Waals surface area contributed by atoms with Crippen molar-refractivity contribution < 1.29 is 9.50 Å². The highest BCUT2D eigenvalue weighted by atomic mass is 32.1. The van der Waals surface area contributed by atoms with Gasteiger partial charge in [0.15, 0.2) is 16.6 Å². The molecule has 8 nitrogen and oxygen atoms in total.